The largest absolute Gasteiger partial charge is 0.274 e. The highest BCUT2D eigenvalue weighted by molar-refractivity contribution is 7.99. The molecule has 1 N–H and O–H groups in total. The zero-order valence-electron chi connectivity index (χ0n) is 15.1. The number of aliphatic imine (C=N–C) groups is 1. The number of halogens is 1. The highest BCUT2D eigenvalue weighted by Gasteiger charge is 2.21. The van der Waals surface area contributed by atoms with Gasteiger partial charge in [0.1, 0.15) is 0 Å². The van der Waals surface area contributed by atoms with Gasteiger partial charge < -0.3 is 0 Å². The molecule has 3 aromatic carbocycles. The predicted octanol–water partition coefficient (Wildman–Crippen LogP) is 5.66. The van der Waals surface area contributed by atoms with E-state index in [9.17, 15) is 4.79 Å². The van der Waals surface area contributed by atoms with Crippen molar-refractivity contribution in [3.63, 3.8) is 0 Å². The average Bonchev–Trinajstić information content (AvgIpc) is 2.88. The van der Waals surface area contributed by atoms with E-state index in [1.165, 1.54) is 0 Å². The second-order valence-corrected chi connectivity index (χ2v) is 7.58. The summed E-state index contributed by atoms with van der Waals surface area (Å²) in [5.74, 6) is -0.300. The first-order valence-corrected chi connectivity index (χ1v) is 10.0. The maximum absolute atomic E-state index is 12.3. The fourth-order valence-electron chi connectivity index (χ4n) is 2.94. The zero-order valence-corrected chi connectivity index (χ0v) is 16.7. The fourth-order valence-corrected chi connectivity index (χ4v) is 4.17. The van der Waals surface area contributed by atoms with Crippen molar-refractivity contribution in [3.05, 3.63) is 88.4 Å². The minimum absolute atomic E-state index is 0.300. The van der Waals surface area contributed by atoms with Crippen molar-refractivity contribution < 1.29 is 9.63 Å². The number of carbonyl (C=O) groups excluding carboxylic acids is 1. The number of amides is 1. The Labute approximate surface area is 172 Å². The average molecular weight is 409 g/mol. The van der Waals surface area contributed by atoms with E-state index in [1.807, 2.05) is 55.5 Å². The number of hydroxylamine groups is 1. The molecule has 1 heterocycles. The van der Waals surface area contributed by atoms with Gasteiger partial charge in [-0.05, 0) is 37.3 Å². The third-order valence-electron chi connectivity index (χ3n) is 4.25. The Morgan fingerprint density at radius 2 is 1.79 bits per heavy atom. The van der Waals surface area contributed by atoms with Gasteiger partial charge in [0.15, 0.2) is 0 Å². The molecule has 3 aromatic rings. The van der Waals surface area contributed by atoms with Crippen molar-refractivity contribution in [2.45, 2.75) is 16.7 Å². The van der Waals surface area contributed by atoms with E-state index in [0.29, 0.717) is 17.2 Å². The Hall–Kier alpha value is -2.60. The normalized spacial score (nSPS) is 12.4. The number of hydrogen-bond acceptors (Lipinski definition) is 4. The molecule has 0 saturated heterocycles. The molecule has 140 valence electrons. The highest BCUT2D eigenvalue weighted by Crippen LogP contribution is 2.42. The van der Waals surface area contributed by atoms with E-state index in [4.69, 9.17) is 21.4 Å². The van der Waals surface area contributed by atoms with Crippen LogP contribution in [0.3, 0.4) is 0 Å². The molecule has 1 amide bonds. The molecule has 6 heteroatoms. The van der Waals surface area contributed by atoms with Gasteiger partial charge in [0.2, 0.25) is 0 Å². The van der Waals surface area contributed by atoms with Crippen LogP contribution < -0.4 is 5.48 Å². The monoisotopic (exact) mass is 408 g/mol. The molecule has 0 saturated carbocycles. The lowest BCUT2D eigenvalue weighted by Gasteiger charge is -2.10. The standard InChI is InChI=1S/C22H17ClN2O2S/c1-2-27-25-22(26)14-11-12-20-18(13-14)24-21(15-7-3-5-9-17(15)23)16-8-4-6-10-19(16)28-20/h3-13H,2H2,1H3,(H,25,26). The molecule has 0 fully saturated rings. The summed E-state index contributed by atoms with van der Waals surface area (Å²) in [4.78, 5) is 24.3. The van der Waals surface area contributed by atoms with Crippen molar-refractivity contribution in [1.82, 2.24) is 5.48 Å². The van der Waals surface area contributed by atoms with Gasteiger partial charge in [0.25, 0.3) is 5.91 Å². The maximum atomic E-state index is 12.3. The quantitative estimate of drug-likeness (QED) is 0.443. The van der Waals surface area contributed by atoms with Crippen LogP contribution in [-0.2, 0) is 4.84 Å². The second kappa shape index (κ2) is 8.19. The topological polar surface area (TPSA) is 50.7 Å². The lowest BCUT2D eigenvalue weighted by molar-refractivity contribution is 0.0364. The third kappa shape index (κ3) is 3.69. The Morgan fingerprint density at radius 3 is 2.57 bits per heavy atom. The number of carbonyl (C=O) groups is 1. The molecule has 0 bridgehead atoms. The summed E-state index contributed by atoms with van der Waals surface area (Å²) in [6, 6.07) is 21.2. The van der Waals surface area contributed by atoms with Gasteiger partial charge in [-0.15, -0.1) is 0 Å². The third-order valence-corrected chi connectivity index (χ3v) is 5.72. The molecule has 0 radical (unpaired) electrons. The van der Waals surface area contributed by atoms with E-state index in [-0.39, 0.29) is 5.91 Å². The van der Waals surface area contributed by atoms with Crippen molar-refractivity contribution in [2.24, 2.45) is 4.99 Å². The van der Waals surface area contributed by atoms with Crippen LogP contribution in [-0.4, -0.2) is 18.2 Å². The van der Waals surface area contributed by atoms with E-state index in [0.717, 1.165) is 32.3 Å². The van der Waals surface area contributed by atoms with Crippen LogP contribution in [0.4, 0.5) is 5.69 Å². The van der Waals surface area contributed by atoms with Crippen LogP contribution in [0.15, 0.2) is 81.5 Å². The Morgan fingerprint density at radius 1 is 1.04 bits per heavy atom. The molecule has 1 aliphatic rings. The first-order valence-electron chi connectivity index (χ1n) is 8.84. The van der Waals surface area contributed by atoms with Gasteiger partial charge >= 0.3 is 0 Å². The van der Waals surface area contributed by atoms with E-state index < -0.39 is 0 Å². The van der Waals surface area contributed by atoms with Crippen molar-refractivity contribution in [3.8, 4) is 0 Å². The number of hydrogen-bond donors (Lipinski definition) is 1. The summed E-state index contributed by atoms with van der Waals surface area (Å²) < 4.78 is 0. The number of nitrogens with zero attached hydrogens (tertiary/aromatic N) is 1. The molecule has 0 unspecified atom stereocenters. The molecule has 0 aromatic heterocycles. The van der Waals surface area contributed by atoms with Gasteiger partial charge in [-0.1, -0.05) is 59.8 Å². The van der Waals surface area contributed by atoms with Crippen LogP contribution in [0.5, 0.6) is 0 Å². The van der Waals surface area contributed by atoms with E-state index in [1.54, 1.807) is 23.9 Å². The summed E-state index contributed by atoms with van der Waals surface area (Å²) in [5, 5.41) is 0.634. The molecular weight excluding hydrogens is 392 g/mol. The SMILES string of the molecule is CCONC(=O)c1ccc2c(c1)N=C(c1ccccc1Cl)c1ccccc1S2. The van der Waals surface area contributed by atoms with Crippen LogP contribution in [0.1, 0.15) is 28.4 Å². The maximum Gasteiger partial charge on any atom is 0.274 e. The van der Waals surface area contributed by atoms with Gasteiger partial charge in [0.05, 0.1) is 18.0 Å². The molecule has 4 rings (SSSR count). The fraction of sp³-hybridized carbons (Fsp3) is 0.0909. The van der Waals surface area contributed by atoms with Crippen LogP contribution in [0.2, 0.25) is 5.02 Å². The molecule has 28 heavy (non-hydrogen) atoms. The smallest absolute Gasteiger partial charge is 0.274 e. The molecule has 0 aliphatic carbocycles. The van der Waals surface area contributed by atoms with E-state index >= 15 is 0 Å². The van der Waals surface area contributed by atoms with Gasteiger partial charge in [0, 0.05) is 31.5 Å². The number of benzene rings is 3. The summed E-state index contributed by atoms with van der Waals surface area (Å²) in [6.07, 6.45) is 0. The lowest BCUT2D eigenvalue weighted by Crippen LogP contribution is -2.23. The number of nitrogens with one attached hydrogen (secondary N) is 1. The zero-order chi connectivity index (χ0) is 19.5. The molecule has 1 aliphatic heterocycles. The van der Waals surface area contributed by atoms with Crippen LogP contribution in [0.25, 0.3) is 0 Å². The Kier molecular flexibility index (Phi) is 5.48. The predicted molar refractivity (Wildman–Crippen MR) is 113 cm³/mol. The minimum Gasteiger partial charge on any atom is -0.274 e. The van der Waals surface area contributed by atoms with Crippen molar-refractivity contribution in [1.29, 1.82) is 0 Å². The molecule has 0 spiro atoms. The first-order chi connectivity index (χ1) is 13.7. The Balaban J connectivity index is 1.87. The molecule has 0 atom stereocenters. The van der Waals surface area contributed by atoms with Crippen molar-refractivity contribution in [2.75, 3.05) is 6.61 Å². The summed E-state index contributed by atoms with van der Waals surface area (Å²) >= 11 is 8.10. The van der Waals surface area contributed by atoms with Crippen LogP contribution in [0, 0.1) is 0 Å². The summed E-state index contributed by atoms with van der Waals surface area (Å²) in [6.45, 7) is 2.21. The first kappa shape index (κ1) is 18.7. The lowest BCUT2D eigenvalue weighted by atomic mass is 10.0. The summed E-state index contributed by atoms with van der Waals surface area (Å²) in [7, 11) is 0. The Bertz CT molecular complexity index is 1080. The van der Waals surface area contributed by atoms with Gasteiger partial charge in [-0.2, -0.15) is 0 Å². The molecule has 4 nitrogen and oxygen atoms in total. The highest BCUT2D eigenvalue weighted by atomic mass is 35.5. The molecular formula is C22H17ClN2O2S. The van der Waals surface area contributed by atoms with Crippen molar-refractivity contribution >= 4 is 40.7 Å². The van der Waals surface area contributed by atoms with Crippen LogP contribution >= 0.6 is 23.4 Å². The number of rotatable bonds is 4. The minimum atomic E-state index is -0.300. The van der Waals surface area contributed by atoms with Gasteiger partial charge in [-0.25, -0.2) is 10.5 Å². The van der Waals surface area contributed by atoms with E-state index in [2.05, 4.69) is 11.5 Å². The number of fused-ring (bicyclic) bond motifs is 2. The second-order valence-electron chi connectivity index (χ2n) is 6.09. The van der Waals surface area contributed by atoms with Gasteiger partial charge in [-0.3, -0.25) is 9.63 Å². The summed E-state index contributed by atoms with van der Waals surface area (Å²) in [5.41, 5.74) is 6.29.